The van der Waals surface area contributed by atoms with Crippen molar-refractivity contribution < 1.29 is 9.59 Å². The van der Waals surface area contributed by atoms with Crippen molar-refractivity contribution in [2.75, 3.05) is 13.6 Å². The molecule has 0 radical (unpaired) electrons. The topological polar surface area (TPSA) is 101 Å². The standard InChI is InChI=1S/C17H22N6O2/c1-18-17(25)15-8-14(10-19-15)23-11-13(21-22-23)9-20-16(24)7-12-5-3-2-4-6-12/h2-6,11,14-15,19H,7-10H2,1H3,(H,18,25)(H,20,24)/t14-,15+/m1/s1. The van der Waals surface area contributed by atoms with Gasteiger partial charge in [-0.2, -0.15) is 0 Å². The lowest BCUT2D eigenvalue weighted by atomic mass is 10.1. The zero-order valence-corrected chi connectivity index (χ0v) is 14.1. The van der Waals surface area contributed by atoms with Gasteiger partial charge >= 0.3 is 0 Å². The average molecular weight is 342 g/mol. The Morgan fingerprint density at radius 3 is 2.88 bits per heavy atom. The molecule has 1 aromatic heterocycles. The first kappa shape index (κ1) is 17.1. The Kier molecular flexibility index (Phi) is 5.39. The molecular weight excluding hydrogens is 320 g/mol. The number of amides is 2. The van der Waals surface area contributed by atoms with E-state index in [0.29, 0.717) is 31.6 Å². The number of hydrogen-bond donors (Lipinski definition) is 3. The summed E-state index contributed by atoms with van der Waals surface area (Å²) in [4.78, 5) is 23.6. The van der Waals surface area contributed by atoms with E-state index in [9.17, 15) is 9.59 Å². The fraction of sp³-hybridized carbons (Fsp3) is 0.412. The molecular formula is C17H22N6O2. The molecule has 2 heterocycles. The van der Waals surface area contributed by atoms with Crippen molar-refractivity contribution in [1.82, 2.24) is 30.9 Å². The minimum absolute atomic E-state index is 0.0176. The fourth-order valence-corrected chi connectivity index (χ4v) is 2.90. The number of hydrogen-bond acceptors (Lipinski definition) is 5. The van der Waals surface area contributed by atoms with Crippen LogP contribution in [0.2, 0.25) is 0 Å². The smallest absolute Gasteiger partial charge is 0.236 e. The van der Waals surface area contributed by atoms with Crippen LogP contribution in [-0.2, 0) is 22.6 Å². The summed E-state index contributed by atoms with van der Waals surface area (Å²) in [6.07, 6.45) is 2.83. The number of likely N-dealkylation sites (N-methyl/N-ethyl adjacent to an activating group) is 1. The van der Waals surface area contributed by atoms with E-state index in [-0.39, 0.29) is 23.9 Å². The third-order valence-corrected chi connectivity index (χ3v) is 4.28. The quantitative estimate of drug-likeness (QED) is 0.674. The van der Waals surface area contributed by atoms with Gasteiger partial charge in [0.15, 0.2) is 0 Å². The van der Waals surface area contributed by atoms with Gasteiger partial charge in [0.05, 0.1) is 31.2 Å². The molecule has 1 saturated heterocycles. The monoisotopic (exact) mass is 342 g/mol. The predicted molar refractivity (Wildman–Crippen MR) is 91.5 cm³/mol. The third kappa shape index (κ3) is 4.42. The second-order valence-electron chi connectivity index (χ2n) is 6.09. The van der Waals surface area contributed by atoms with Crippen LogP contribution >= 0.6 is 0 Å². The number of nitrogens with one attached hydrogen (secondary N) is 3. The van der Waals surface area contributed by atoms with Crippen LogP contribution in [0.3, 0.4) is 0 Å². The maximum atomic E-state index is 12.0. The van der Waals surface area contributed by atoms with E-state index in [1.807, 2.05) is 36.5 Å². The molecule has 0 aliphatic carbocycles. The molecule has 2 aromatic rings. The largest absolute Gasteiger partial charge is 0.358 e. The van der Waals surface area contributed by atoms with E-state index in [0.717, 1.165) is 5.56 Å². The van der Waals surface area contributed by atoms with Gasteiger partial charge in [-0.1, -0.05) is 35.5 Å². The molecule has 1 aromatic carbocycles. The van der Waals surface area contributed by atoms with Crippen molar-refractivity contribution in [3.8, 4) is 0 Å². The van der Waals surface area contributed by atoms with Crippen LogP contribution in [0.5, 0.6) is 0 Å². The maximum absolute atomic E-state index is 12.0. The van der Waals surface area contributed by atoms with Gasteiger partial charge in [0.25, 0.3) is 0 Å². The Morgan fingerprint density at radius 2 is 2.12 bits per heavy atom. The van der Waals surface area contributed by atoms with E-state index in [2.05, 4.69) is 26.3 Å². The molecule has 3 rings (SSSR count). The number of benzene rings is 1. The van der Waals surface area contributed by atoms with Gasteiger partial charge in [-0.3, -0.25) is 9.59 Å². The molecule has 132 valence electrons. The van der Waals surface area contributed by atoms with Gasteiger partial charge in [-0.15, -0.1) is 5.10 Å². The Hall–Kier alpha value is -2.74. The highest BCUT2D eigenvalue weighted by molar-refractivity contribution is 5.81. The Bertz CT molecular complexity index is 730. The van der Waals surface area contributed by atoms with Crippen LogP contribution in [-0.4, -0.2) is 46.4 Å². The van der Waals surface area contributed by atoms with Crippen molar-refractivity contribution in [2.24, 2.45) is 0 Å². The molecule has 0 bridgehead atoms. The predicted octanol–water partition coefficient (Wildman–Crippen LogP) is -0.214. The molecule has 2 atom stereocenters. The summed E-state index contributed by atoms with van der Waals surface area (Å²) in [5, 5.41) is 16.9. The summed E-state index contributed by atoms with van der Waals surface area (Å²) >= 11 is 0. The highest BCUT2D eigenvalue weighted by atomic mass is 16.2. The lowest BCUT2D eigenvalue weighted by Crippen LogP contribution is -2.38. The third-order valence-electron chi connectivity index (χ3n) is 4.28. The Balaban J connectivity index is 1.49. The summed E-state index contributed by atoms with van der Waals surface area (Å²) < 4.78 is 1.76. The molecule has 2 amide bonds. The molecule has 0 spiro atoms. The van der Waals surface area contributed by atoms with Crippen LogP contribution in [0.25, 0.3) is 0 Å². The minimum atomic E-state index is -0.201. The van der Waals surface area contributed by atoms with Crippen LogP contribution in [0.1, 0.15) is 23.7 Å². The molecule has 8 nitrogen and oxygen atoms in total. The van der Waals surface area contributed by atoms with E-state index in [4.69, 9.17) is 0 Å². The summed E-state index contributed by atoms with van der Waals surface area (Å²) in [5.74, 6) is -0.0704. The molecule has 0 saturated carbocycles. The van der Waals surface area contributed by atoms with Crippen LogP contribution < -0.4 is 16.0 Å². The van der Waals surface area contributed by atoms with Gasteiger partial charge in [-0.05, 0) is 12.0 Å². The molecule has 8 heteroatoms. The van der Waals surface area contributed by atoms with Crippen LogP contribution in [0, 0.1) is 0 Å². The zero-order chi connectivity index (χ0) is 17.6. The molecule has 25 heavy (non-hydrogen) atoms. The molecule has 1 aliphatic heterocycles. The van der Waals surface area contributed by atoms with Gasteiger partial charge in [0.2, 0.25) is 11.8 Å². The Labute approximate surface area is 146 Å². The zero-order valence-electron chi connectivity index (χ0n) is 14.1. The van der Waals surface area contributed by atoms with Crippen molar-refractivity contribution in [3.63, 3.8) is 0 Å². The van der Waals surface area contributed by atoms with Crippen molar-refractivity contribution in [2.45, 2.75) is 31.5 Å². The maximum Gasteiger partial charge on any atom is 0.236 e. The number of aromatic nitrogens is 3. The first-order chi connectivity index (χ1) is 12.2. The molecule has 3 N–H and O–H groups in total. The molecule has 0 unspecified atom stereocenters. The van der Waals surface area contributed by atoms with Crippen LogP contribution in [0.15, 0.2) is 36.5 Å². The Morgan fingerprint density at radius 1 is 1.32 bits per heavy atom. The average Bonchev–Trinajstić information content (AvgIpc) is 3.29. The summed E-state index contributed by atoms with van der Waals surface area (Å²) in [7, 11) is 1.63. The molecule has 1 fully saturated rings. The van der Waals surface area contributed by atoms with E-state index >= 15 is 0 Å². The second kappa shape index (κ2) is 7.89. The normalized spacial score (nSPS) is 19.6. The highest BCUT2D eigenvalue weighted by Crippen LogP contribution is 2.18. The van der Waals surface area contributed by atoms with Gasteiger partial charge in [0, 0.05) is 13.6 Å². The number of rotatable bonds is 6. The van der Waals surface area contributed by atoms with E-state index < -0.39 is 0 Å². The summed E-state index contributed by atoms with van der Waals surface area (Å²) in [5.41, 5.74) is 1.67. The van der Waals surface area contributed by atoms with Crippen molar-refractivity contribution in [3.05, 3.63) is 47.8 Å². The first-order valence-electron chi connectivity index (χ1n) is 8.32. The minimum Gasteiger partial charge on any atom is -0.358 e. The second-order valence-corrected chi connectivity index (χ2v) is 6.09. The lowest BCUT2D eigenvalue weighted by molar-refractivity contribution is -0.122. The van der Waals surface area contributed by atoms with Gasteiger partial charge in [0.1, 0.15) is 5.69 Å². The van der Waals surface area contributed by atoms with Crippen LogP contribution in [0.4, 0.5) is 0 Å². The lowest BCUT2D eigenvalue weighted by Gasteiger charge is -2.08. The van der Waals surface area contributed by atoms with Gasteiger partial charge in [-0.25, -0.2) is 4.68 Å². The SMILES string of the molecule is CNC(=O)[C@@H]1C[C@@H](n2cc(CNC(=O)Cc3ccccc3)nn2)CN1. The van der Waals surface area contributed by atoms with Crippen molar-refractivity contribution >= 4 is 11.8 Å². The fourth-order valence-electron chi connectivity index (χ4n) is 2.90. The summed E-state index contributed by atoms with van der Waals surface area (Å²) in [6, 6.07) is 9.48. The first-order valence-corrected chi connectivity index (χ1v) is 8.32. The number of carbonyl (C=O) groups is 2. The number of nitrogens with zero attached hydrogens (tertiary/aromatic N) is 3. The van der Waals surface area contributed by atoms with E-state index in [1.54, 1.807) is 11.7 Å². The van der Waals surface area contributed by atoms with E-state index in [1.165, 1.54) is 0 Å². The molecule has 1 aliphatic rings. The highest BCUT2D eigenvalue weighted by Gasteiger charge is 2.30. The summed E-state index contributed by atoms with van der Waals surface area (Å²) in [6.45, 7) is 1.01. The van der Waals surface area contributed by atoms with Gasteiger partial charge < -0.3 is 16.0 Å². The number of carbonyl (C=O) groups excluding carboxylic acids is 2. The van der Waals surface area contributed by atoms with Crippen molar-refractivity contribution in [1.29, 1.82) is 0 Å².